The number of aliphatic hydroxyl groups excluding tert-OH is 1. The number of piperidine rings is 1. The van der Waals surface area contributed by atoms with Crippen molar-refractivity contribution >= 4 is 10.0 Å². The highest BCUT2D eigenvalue weighted by molar-refractivity contribution is 7.88. The number of aromatic amines is 2. The van der Waals surface area contributed by atoms with Crippen LogP contribution in [0.2, 0.25) is 0 Å². The Labute approximate surface area is 234 Å². The second kappa shape index (κ2) is 11.3. The van der Waals surface area contributed by atoms with Crippen LogP contribution in [0.15, 0.2) is 23.0 Å². The Kier molecular flexibility index (Phi) is 8.13. The van der Waals surface area contributed by atoms with Gasteiger partial charge in [0, 0.05) is 48.8 Å². The number of H-pyrrole nitrogens is 2. The van der Waals surface area contributed by atoms with Gasteiger partial charge in [-0.25, -0.2) is 18.3 Å². The van der Waals surface area contributed by atoms with Crippen LogP contribution in [0.5, 0.6) is 0 Å². The summed E-state index contributed by atoms with van der Waals surface area (Å²) in [7, 11) is -3.53. The SMILES string of the molecule is CS(=O)(=O)N1CCc2c(c(-c3ccc(C(F)(F)F)c(C[NH-])c3)nn2CC(O)CN2CCC(c3n[nH]c(=O)[nH]3)CC2)C1. The van der Waals surface area contributed by atoms with Crippen LogP contribution in [0.3, 0.4) is 0 Å². The predicted octanol–water partition coefficient (Wildman–Crippen LogP) is 2.09. The molecule has 224 valence electrons. The van der Waals surface area contributed by atoms with Crippen LogP contribution in [0, 0.1) is 0 Å². The number of sulfonamides is 1. The van der Waals surface area contributed by atoms with E-state index in [2.05, 4.69) is 25.2 Å². The van der Waals surface area contributed by atoms with Gasteiger partial charge in [0.05, 0.1) is 30.2 Å². The third-order valence-corrected chi connectivity index (χ3v) is 9.04. The van der Waals surface area contributed by atoms with Crippen molar-refractivity contribution < 1.29 is 26.7 Å². The third kappa shape index (κ3) is 6.40. The lowest BCUT2D eigenvalue weighted by molar-refractivity contribution is -0.138. The summed E-state index contributed by atoms with van der Waals surface area (Å²) in [5, 5.41) is 22.0. The fraction of sp³-hybridized carbons (Fsp3) is 0.560. The number of aromatic nitrogens is 5. The molecule has 1 unspecified atom stereocenters. The van der Waals surface area contributed by atoms with Gasteiger partial charge in [0.1, 0.15) is 5.82 Å². The molecule has 1 aromatic carbocycles. The molecular weight excluding hydrogens is 565 g/mol. The summed E-state index contributed by atoms with van der Waals surface area (Å²) < 4.78 is 67.9. The van der Waals surface area contributed by atoms with E-state index in [0.29, 0.717) is 48.7 Å². The lowest BCUT2D eigenvalue weighted by atomic mass is 9.96. The Morgan fingerprint density at radius 1 is 1.20 bits per heavy atom. The molecule has 16 heteroatoms. The van der Waals surface area contributed by atoms with E-state index in [1.165, 1.54) is 16.4 Å². The maximum absolute atomic E-state index is 13.4. The summed E-state index contributed by atoms with van der Waals surface area (Å²) in [5.74, 6) is 0.754. The van der Waals surface area contributed by atoms with Gasteiger partial charge in [0.25, 0.3) is 0 Å². The van der Waals surface area contributed by atoms with Crippen LogP contribution in [0.4, 0.5) is 13.2 Å². The molecule has 41 heavy (non-hydrogen) atoms. The molecule has 12 nitrogen and oxygen atoms in total. The van der Waals surface area contributed by atoms with Crippen molar-refractivity contribution in [3.8, 4) is 11.3 Å². The van der Waals surface area contributed by atoms with Crippen LogP contribution in [-0.2, 0) is 42.3 Å². The summed E-state index contributed by atoms with van der Waals surface area (Å²) in [5.41, 5.74) is 8.22. The molecule has 0 amide bonds. The first kappa shape index (κ1) is 29.4. The van der Waals surface area contributed by atoms with Gasteiger partial charge in [0.15, 0.2) is 0 Å². The van der Waals surface area contributed by atoms with Gasteiger partial charge in [-0.1, -0.05) is 17.7 Å². The summed E-state index contributed by atoms with van der Waals surface area (Å²) in [6.07, 6.45) is -2.44. The van der Waals surface area contributed by atoms with Gasteiger partial charge in [0.2, 0.25) is 10.0 Å². The van der Waals surface area contributed by atoms with E-state index in [1.54, 1.807) is 4.68 Å². The molecule has 0 spiro atoms. The zero-order valence-corrected chi connectivity index (χ0v) is 23.2. The Balaban J connectivity index is 1.37. The number of nitrogens with zero attached hydrogens (tertiary/aromatic N) is 5. The Bertz CT molecular complexity index is 1560. The molecule has 2 aromatic heterocycles. The van der Waals surface area contributed by atoms with Crippen molar-refractivity contribution in [1.82, 2.24) is 34.2 Å². The van der Waals surface area contributed by atoms with Crippen molar-refractivity contribution in [1.29, 1.82) is 0 Å². The van der Waals surface area contributed by atoms with Crippen molar-refractivity contribution in [2.45, 2.75) is 57.1 Å². The number of benzene rings is 1. The van der Waals surface area contributed by atoms with Crippen LogP contribution in [-0.4, -0.2) is 86.2 Å². The molecule has 4 N–H and O–H groups in total. The minimum atomic E-state index is -4.60. The van der Waals surface area contributed by atoms with Crippen molar-refractivity contribution in [3.05, 3.63) is 62.6 Å². The summed E-state index contributed by atoms with van der Waals surface area (Å²) in [6, 6.07) is 3.51. The molecule has 0 saturated carbocycles. The Morgan fingerprint density at radius 2 is 1.93 bits per heavy atom. The molecule has 1 atom stereocenters. The fourth-order valence-corrected chi connectivity index (χ4v) is 6.50. The molecule has 3 aromatic rings. The first-order valence-corrected chi connectivity index (χ1v) is 15.1. The fourth-order valence-electron chi connectivity index (χ4n) is 5.72. The summed E-state index contributed by atoms with van der Waals surface area (Å²) >= 11 is 0. The number of alkyl halides is 3. The summed E-state index contributed by atoms with van der Waals surface area (Å²) in [6.45, 7) is 1.55. The largest absolute Gasteiger partial charge is 0.674 e. The monoisotopic (exact) mass is 597 g/mol. The molecule has 0 aliphatic carbocycles. The van der Waals surface area contributed by atoms with Gasteiger partial charge in [-0.05, 0) is 32.0 Å². The molecule has 4 heterocycles. The topological polar surface area (TPSA) is 164 Å². The Hall–Kier alpha value is -3.05. The number of nitrogens with one attached hydrogen (secondary N) is 3. The smallest absolute Gasteiger partial charge is 0.416 e. The predicted molar refractivity (Wildman–Crippen MR) is 143 cm³/mol. The van der Waals surface area contributed by atoms with Gasteiger partial charge >= 0.3 is 11.9 Å². The van der Waals surface area contributed by atoms with E-state index in [-0.39, 0.29) is 36.8 Å². The maximum atomic E-state index is 13.4. The molecule has 2 aliphatic heterocycles. The van der Waals surface area contributed by atoms with Crippen LogP contribution >= 0.6 is 0 Å². The number of β-amino-alcohol motifs (C(OH)–C–C–N with tert-alkyl or cyclic N) is 1. The number of hydrogen-bond acceptors (Lipinski definition) is 7. The number of rotatable bonds is 8. The molecule has 1 saturated heterocycles. The summed E-state index contributed by atoms with van der Waals surface area (Å²) in [4.78, 5) is 16.2. The third-order valence-electron chi connectivity index (χ3n) is 7.79. The lowest BCUT2D eigenvalue weighted by Gasteiger charge is -2.32. The van der Waals surface area contributed by atoms with E-state index in [4.69, 9.17) is 5.73 Å². The van der Waals surface area contributed by atoms with Gasteiger partial charge in [-0.15, -0.1) is 6.54 Å². The lowest BCUT2D eigenvalue weighted by Crippen LogP contribution is -2.40. The minimum absolute atomic E-state index is 0.0135. The molecule has 2 aliphatic rings. The van der Waals surface area contributed by atoms with Gasteiger partial charge in [-0.3, -0.25) is 9.67 Å². The molecule has 5 rings (SSSR count). The minimum Gasteiger partial charge on any atom is -0.674 e. The van der Waals surface area contributed by atoms with Crippen molar-refractivity contribution in [2.24, 2.45) is 0 Å². The standard InChI is InChI=1S/C25H32F3N8O4S/c1-41(39,40)35-9-6-21-19(14-35)22(16-2-3-20(25(26,27)28)17(10-16)11-29)33-36(21)13-18(37)12-34-7-4-15(5-8-34)23-30-24(38)32-31-23/h2-3,10,15,18,29,37H,4-9,11-14H2,1H3,(H2,30,31,32,38)/q-1. The van der Waals surface area contributed by atoms with E-state index < -0.39 is 34.4 Å². The van der Waals surface area contributed by atoms with Crippen molar-refractivity contribution in [3.63, 3.8) is 0 Å². The van der Waals surface area contributed by atoms with Gasteiger partial charge in [-0.2, -0.15) is 27.7 Å². The van der Waals surface area contributed by atoms with E-state index in [9.17, 15) is 31.5 Å². The zero-order chi connectivity index (χ0) is 29.5. The maximum Gasteiger partial charge on any atom is 0.416 e. The quantitative estimate of drug-likeness (QED) is 0.358. The Morgan fingerprint density at radius 3 is 2.54 bits per heavy atom. The number of halogens is 3. The highest BCUT2D eigenvalue weighted by Gasteiger charge is 2.34. The second-order valence-corrected chi connectivity index (χ2v) is 12.6. The molecule has 0 radical (unpaired) electrons. The number of likely N-dealkylation sites (tertiary alicyclic amines) is 1. The van der Waals surface area contributed by atoms with Crippen LogP contribution in [0.25, 0.3) is 17.0 Å². The average Bonchev–Trinajstić information content (AvgIpc) is 3.51. The highest BCUT2D eigenvalue weighted by Crippen LogP contribution is 2.37. The number of hydrogen-bond donors (Lipinski definition) is 3. The van der Waals surface area contributed by atoms with E-state index >= 15 is 0 Å². The normalized spacial score (nSPS) is 18.5. The van der Waals surface area contributed by atoms with Gasteiger partial charge < -0.3 is 15.7 Å². The zero-order valence-electron chi connectivity index (χ0n) is 22.4. The van der Waals surface area contributed by atoms with E-state index in [1.807, 2.05) is 0 Å². The molecule has 1 fully saturated rings. The molecule has 0 bridgehead atoms. The highest BCUT2D eigenvalue weighted by atomic mass is 32.2. The number of fused-ring (bicyclic) bond motifs is 1. The average molecular weight is 598 g/mol. The van der Waals surface area contributed by atoms with E-state index in [0.717, 1.165) is 30.9 Å². The van der Waals surface area contributed by atoms with Crippen molar-refractivity contribution in [2.75, 3.05) is 32.4 Å². The number of aliphatic hydroxyl groups is 1. The van der Waals surface area contributed by atoms with Crippen LogP contribution in [0.1, 0.15) is 47.0 Å². The first-order chi connectivity index (χ1) is 19.3. The first-order valence-electron chi connectivity index (χ1n) is 13.3. The molecular formula is C25H32F3N8O4S-. The second-order valence-electron chi connectivity index (χ2n) is 10.6. The van der Waals surface area contributed by atoms with Crippen LogP contribution < -0.4 is 5.69 Å².